The Morgan fingerprint density at radius 1 is 1.09 bits per heavy atom. The number of carbonyl (C=O) groups is 1. The van der Waals surface area contributed by atoms with Gasteiger partial charge in [-0.3, -0.25) is 9.89 Å². The Labute approximate surface area is 192 Å². The van der Waals surface area contributed by atoms with Crippen LogP contribution in [0.1, 0.15) is 35.3 Å². The molecule has 32 heavy (non-hydrogen) atoms. The maximum atomic E-state index is 13.1. The summed E-state index contributed by atoms with van der Waals surface area (Å²) in [5.74, 6) is 0.457. The second kappa shape index (κ2) is 11.0. The summed E-state index contributed by atoms with van der Waals surface area (Å²) in [6.07, 6.45) is 3.67. The number of hydrogen-bond donors (Lipinski definition) is 1. The zero-order valence-corrected chi connectivity index (χ0v) is 19.2. The number of hydrogen-bond acceptors (Lipinski definition) is 4. The van der Waals surface area contributed by atoms with Crippen LogP contribution in [-0.2, 0) is 6.42 Å². The molecule has 1 N–H and O–H groups in total. The molecule has 3 rings (SSSR count). The van der Waals surface area contributed by atoms with Crippen LogP contribution < -0.4 is 9.47 Å². The number of aryl methyl sites for hydroxylation is 1. The second-order valence-electron chi connectivity index (χ2n) is 7.52. The molecule has 0 spiro atoms. The maximum Gasteiger partial charge on any atom is 0.253 e. The molecular formula is C24H27ClFN3O3. The summed E-state index contributed by atoms with van der Waals surface area (Å²) < 4.78 is 23.6. The molecule has 0 atom stereocenters. The molecule has 0 saturated heterocycles. The largest absolute Gasteiger partial charge is 0.493 e. The number of amides is 1. The highest BCUT2D eigenvalue weighted by molar-refractivity contribution is 6.32. The maximum absolute atomic E-state index is 13.1. The van der Waals surface area contributed by atoms with E-state index in [2.05, 4.69) is 10.2 Å². The Hall–Kier alpha value is -3.06. The van der Waals surface area contributed by atoms with E-state index in [1.165, 1.54) is 26.4 Å². The van der Waals surface area contributed by atoms with Gasteiger partial charge in [0.05, 0.1) is 24.9 Å². The number of halogens is 2. The number of H-pyrrole nitrogens is 1. The van der Waals surface area contributed by atoms with Crippen molar-refractivity contribution in [3.8, 4) is 22.8 Å². The Morgan fingerprint density at radius 3 is 2.53 bits per heavy atom. The van der Waals surface area contributed by atoms with Gasteiger partial charge in [0.15, 0.2) is 11.5 Å². The molecule has 170 valence electrons. The zero-order valence-electron chi connectivity index (χ0n) is 18.5. The van der Waals surface area contributed by atoms with Crippen LogP contribution in [0.15, 0.2) is 42.5 Å². The number of benzene rings is 2. The van der Waals surface area contributed by atoms with Crippen molar-refractivity contribution in [1.29, 1.82) is 0 Å². The second-order valence-corrected chi connectivity index (χ2v) is 7.92. The predicted molar refractivity (Wildman–Crippen MR) is 123 cm³/mol. The number of rotatable bonds is 10. The molecule has 1 aromatic heterocycles. The van der Waals surface area contributed by atoms with Crippen molar-refractivity contribution < 1.29 is 18.7 Å². The summed E-state index contributed by atoms with van der Waals surface area (Å²) in [7, 11) is 4.79. The van der Waals surface area contributed by atoms with E-state index in [9.17, 15) is 9.18 Å². The smallest absolute Gasteiger partial charge is 0.253 e. The minimum absolute atomic E-state index is 0.120. The molecule has 2 aromatic carbocycles. The average Bonchev–Trinajstić information content (AvgIpc) is 3.27. The molecular weight excluding hydrogens is 433 g/mol. The van der Waals surface area contributed by atoms with Crippen molar-refractivity contribution in [3.05, 3.63) is 64.6 Å². The number of aromatic amines is 1. The minimum atomic E-state index is -0.262. The Bertz CT molecular complexity index is 1050. The van der Waals surface area contributed by atoms with Crippen LogP contribution in [0.3, 0.4) is 0 Å². The van der Waals surface area contributed by atoms with E-state index in [1.807, 2.05) is 6.07 Å². The van der Waals surface area contributed by atoms with Gasteiger partial charge in [0.1, 0.15) is 5.82 Å². The van der Waals surface area contributed by atoms with Gasteiger partial charge in [-0.1, -0.05) is 18.0 Å². The standard InChI is InChI=1S/C24H27ClFN3O3/c1-29(24(30)17-13-20(25)23(32-3)22(14-17)31-2)12-6-4-5-7-19-15-21(28-27-19)16-8-10-18(26)11-9-16/h8-11,13-15H,4-7,12H2,1-3H3,(H,27,28). The Balaban J connectivity index is 1.45. The number of aromatic nitrogens is 2. The average molecular weight is 460 g/mol. The Morgan fingerprint density at radius 2 is 1.84 bits per heavy atom. The lowest BCUT2D eigenvalue weighted by atomic mass is 10.1. The van der Waals surface area contributed by atoms with Crippen molar-refractivity contribution in [2.45, 2.75) is 25.7 Å². The molecule has 0 aliphatic rings. The topological polar surface area (TPSA) is 67.5 Å². The zero-order chi connectivity index (χ0) is 23.1. The molecule has 0 aliphatic heterocycles. The lowest BCUT2D eigenvalue weighted by Gasteiger charge is -2.18. The van der Waals surface area contributed by atoms with Crippen molar-refractivity contribution in [3.63, 3.8) is 0 Å². The third-order valence-corrected chi connectivity index (χ3v) is 5.52. The molecule has 6 nitrogen and oxygen atoms in total. The third-order valence-electron chi connectivity index (χ3n) is 5.24. The lowest BCUT2D eigenvalue weighted by Crippen LogP contribution is -2.27. The van der Waals surface area contributed by atoms with E-state index in [1.54, 1.807) is 36.2 Å². The fraction of sp³-hybridized carbons (Fsp3) is 0.333. The first-order valence-electron chi connectivity index (χ1n) is 10.4. The molecule has 0 fully saturated rings. The van der Waals surface area contributed by atoms with Crippen molar-refractivity contribution >= 4 is 17.5 Å². The van der Waals surface area contributed by atoms with E-state index in [0.29, 0.717) is 28.6 Å². The van der Waals surface area contributed by atoms with Crippen molar-refractivity contribution in [2.75, 3.05) is 27.8 Å². The molecule has 0 unspecified atom stereocenters. The number of methoxy groups -OCH3 is 2. The molecule has 8 heteroatoms. The van der Waals surface area contributed by atoms with Crippen LogP contribution in [0.2, 0.25) is 5.02 Å². The van der Waals surface area contributed by atoms with Gasteiger partial charge in [-0.15, -0.1) is 0 Å². The van der Waals surface area contributed by atoms with Crippen LogP contribution in [0, 0.1) is 5.82 Å². The summed E-state index contributed by atoms with van der Waals surface area (Å²) in [5, 5.41) is 7.68. The first-order valence-corrected chi connectivity index (χ1v) is 10.8. The highest BCUT2D eigenvalue weighted by atomic mass is 35.5. The molecule has 3 aromatic rings. The van der Waals surface area contributed by atoms with E-state index in [-0.39, 0.29) is 11.7 Å². The third kappa shape index (κ3) is 5.79. The number of ether oxygens (including phenoxy) is 2. The van der Waals surface area contributed by atoms with Crippen molar-refractivity contribution in [1.82, 2.24) is 15.1 Å². The molecule has 0 radical (unpaired) electrons. The quantitative estimate of drug-likeness (QED) is 0.414. The van der Waals surface area contributed by atoms with Gasteiger partial charge in [0.2, 0.25) is 0 Å². The SMILES string of the molecule is COc1cc(C(=O)N(C)CCCCCc2cc(-c3ccc(F)cc3)n[nH]2)cc(Cl)c1OC. The monoisotopic (exact) mass is 459 g/mol. The summed E-state index contributed by atoms with van der Waals surface area (Å²) in [5.41, 5.74) is 3.18. The molecule has 1 amide bonds. The van der Waals surface area contributed by atoms with Crippen LogP contribution in [0.4, 0.5) is 4.39 Å². The van der Waals surface area contributed by atoms with Gasteiger partial charge in [-0.2, -0.15) is 5.10 Å². The summed E-state index contributed by atoms with van der Waals surface area (Å²) in [6, 6.07) is 11.5. The van der Waals surface area contributed by atoms with E-state index < -0.39 is 0 Å². The van der Waals surface area contributed by atoms with Crippen LogP contribution >= 0.6 is 11.6 Å². The van der Waals surface area contributed by atoms with Gasteiger partial charge in [0, 0.05) is 30.4 Å². The first-order chi connectivity index (χ1) is 15.4. The summed E-state index contributed by atoms with van der Waals surface area (Å²) in [4.78, 5) is 14.4. The van der Waals surface area contributed by atoms with E-state index >= 15 is 0 Å². The molecule has 0 bridgehead atoms. The number of nitrogens with zero attached hydrogens (tertiary/aromatic N) is 2. The van der Waals surface area contributed by atoms with Crippen LogP contribution in [-0.4, -0.2) is 48.8 Å². The Kier molecular flexibility index (Phi) is 8.11. The first kappa shape index (κ1) is 23.6. The molecule has 1 heterocycles. The van der Waals surface area contributed by atoms with E-state index in [4.69, 9.17) is 21.1 Å². The van der Waals surface area contributed by atoms with Gasteiger partial charge < -0.3 is 14.4 Å². The fourth-order valence-electron chi connectivity index (χ4n) is 3.46. The lowest BCUT2D eigenvalue weighted by molar-refractivity contribution is 0.0792. The number of carbonyl (C=O) groups excluding carboxylic acids is 1. The highest BCUT2D eigenvalue weighted by Gasteiger charge is 2.17. The molecule has 0 aliphatic carbocycles. The minimum Gasteiger partial charge on any atom is -0.493 e. The van der Waals surface area contributed by atoms with Gasteiger partial charge in [-0.25, -0.2) is 4.39 Å². The number of unbranched alkanes of at least 4 members (excludes halogenated alkanes) is 2. The van der Waals surface area contributed by atoms with Crippen LogP contribution in [0.5, 0.6) is 11.5 Å². The van der Waals surface area contributed by atoms with Gasteiger partial charge in [-0.05, 0) is 61.7 Å². The fourth-order valence-corrected chi connectivity index (χ4v) is 3.75. The van der Waals surface area contributed by atoms with Gasteiger partial charge in [0.25, 0.3) is 5.91 Å². The summed E-state index contributed by atoms with van der Waals surface area (Å²) in [6.45, 7) is 0.634. The molecule has 0 saturated carbocycles. The van der Waals surface area contributed by atoms with Crippen LogP contribution in [0.25, 0.3) is 11.3 Å². The predicted octanol–water partition coefficient (Wildman–Crippen LogP) is 5.37. The van der Waals surface area contributed by atoms with E-state index in [0.717, 1.165) is 42.6 Å². The van der Waals surface area contributed by atoms with Crippen molar-refractivity contribution in [2.24, 2.45) is 0 Å². The normalized spacial score (nSPS) is 10.8. The van der Waals surface area contributed by atoms with Gasteiger partial charge >= 0.3 is 0 Å². The number of nitrogens with one attached hydrogen (secondary N) is 1. The highest BCUT2D eigenvalue weighted by Crippen LogP contribution is 2.36. The summed E-state index contributed by atoms with van der Waals surface area (Å²) >= 11 is 6.21.